The first-order valence-electron chi connectivity index (χ1n) is 8.86. The fraction of sp³-hybridized carbons (Fsp3) is 0.550. The molecule has 4 heteroatoms. The smallest absolute Gasteiger partial charge is 0.303 e. The Morgan fingerprint density at radius 1 is 1.00 bits per heavy atom. The summed E-state index contributed by atoms with van der Waals surface area (Å²) < 4.78 is 0. The number of aliphatic carboxylic acids is 1. The molecule has 0 bridgehead atoms. The summed E-state index contributed by atoms with van der Waals surface area (Å²) in [5.41, 5.74) is 0. The largest absolute Gasteiger partial charge is 0.481 e. The van der Waals surface area contributed by atoms with Crippen molar-refractivity contribution >= 4 is 5.97 Å². The lowest BCUT2D eigenvalue weighted by Gasteiger charge is -2.06. The third-order valence-electron chi connectivity index (χ3n) is 3.44. The van der Waals surface area contributed by atoms with Gasteiger partial charge in [-0.3, -0.25) is 10.1 Å². The Bertz CT molecular complexity index is 408. The molecule has 0 heterocycles. The molecule has 0 amide bonds. The molecule has 0 aliphatic rings. The predicted octanol–water partition coefficient (Wildman–Crippen LogP) is 5.68. The Morgan fingerprint density at radius 3 is 2.38 bits per heavy atom. The molecule has 1 atom stereocenters. The predicted molar refractivity (Wildman–Crippen MR) is 98.9 cm³/mol. The summed E-state index contributed by atoms with van der Waals surface area (Å²) in [5.74, 6) is -0.835. The van der Waals surface area contributed by atoms with Crippen molar-refractivity contribution < 1.29 is 20.0 Å². The lowest BCUT2D eigenvalue weighted by atomic mass is 10.1. The minimum Gasteiger partial charge on any atom is -0.481 e. The molecule has 0 saturated carbocycles. The van der Waals surface area contributed by atoms with Crippen molar-refractivity contribution in [2.24, 2.45) is 0 Å². The van der Waals surface area contributed by atoms with Gasteiger partial charge in [0.05, 0.1) is 0 Å². The minimum absolute atomic E-state index is 0.0847. The first-order chi connectivity index (χ1) is 11.7. The zero-order chi connectivity index (χ0) is 17.9. The van der Waals surface area contributed by atoms with E-state index in [-0.39, 0.29) is 6.42 Å². The summed E-state index contributed by atoms with van der Waals surface area (Å²) in [4.78, 5) is 14.7. The maximum atomic E-state index is 10.4. The van der Waals surface area contributed by atoms with Gasteiger partial charge < -0.3 is 5.11 Å². The molecule has 0 unspecified atom stereocenters. The lowest BCUT2D eigenvalue weighted by molar-refractivity contribution is -0.267. The number of unbranched alkanes of at least 4 members (excludes halogenated alkanes) is 3. The van der Waals surface area contributed by atoms with E-state index in [2.05, 4.69) is 36.1 Å². The van der Waals surface area contributed by atoms with Gasteiger partial charge in [0.25, 0.3) is 0 Å². The van der Waals surface area contributed by atoms with E-state index in [4.69, 9.17) is 10.4 Å². The molecule has 0 saturated heterocycles. The summed E-state index contributed by atoms with van der Waals surface area (Å²) in [6.45, 7) is 2.21. The van der Waals surface area contributed by atoms with Gasteiger partial charge in [0.1, 0.15) is 6.10 Å². The molecule has 0 aliphatic carbocycles. The molecular formula is C20H32O4. The maximum Gasteiger partial charge on any atom is 0.303 e. The molecule has 0 fully saturated rings. The van der Waals surface area contributed by atoms with Gasteiger partial charge >= 0.3 is 5.97 Å². The highest BCUT2D eigenvalue weighted by Gasteiger charge is 2.05. The van der Waals surface area contributed by atoms with Crippen LogP contribution in [0.1, 0.15) is 64.7 Å². The fourth-order valence-electron chi connectivity index (χ4n) is 2.06. The number of hydrogen-bond donors (Lipinski definition) is 2. The summed E-state index contributed by atoms with van der Waals surface area (Å²) >= 11 is 0. The Balaban J connectivity index is 3.74. The van der Waals surface area contributed by atoms with E-state index >= 15 is 0 Å². The van der Waals surface area contributed by atoms with Crippen LogP contribution in [0.25, 0.3) is 0 Å². The van der Waals surface area contributed by atoms with E-state index in [9.17, 15) is 4.79 Å². The Labute approximate surface area is 146 Å². The van der Waals surface area contributed by atoms with E-state index in [1.165, 1.54) is 25.7 Å². The van der Waals surface area contributed by atoms with Crippen molar-refractivity contribution in [3.63, 3.8) is 0 Å². The number of carboxylic acid groups (broad SMARTS) is 1. The second-order valence-corrected chi connectivity index (χ2v) is 5.65. The first-order valence-corrected chi connectivity index (χ1v) is 8.86. The molecule has 136 valence electrons. The zero-order valence-electron chi connectivity index (χ0n) is 14.8. The standard InChI is InChI=1S/C20H32O4/c1-2-3-4-5-6-7-8-9-10-11-12-13-14-16-19(24-23)17-15-18-20(21)22/h6-7,9-10,12-14,16,19,23H,2-5,8,11,15,17-18H2,1H3,(H,21,22)/b7-6+,10-9+,13-12+,16-14+/t19-/m0/s1. The van der Waals surface area contributed by atoms with Gasteiger partial charge in [-0.15, -0.1) is 0 Å². The minimum atomic E-state index is -0.835. The van der Waals surface area contributed by atoms with E-state index < -0.39 is 12.1 Å². The van der Waals surface area contributed by atoms with Crippen LogP contribution in [-0.2, 0) is 9.68 Å². The highest BCUT2D eigenvalue weighted by molar-refractivity contribution is 5.66. The van der Waals surface area contributed by atoms with Gasteiger partial charge in [-0.05, 0) is 38.5 Å². The second-order valence-electron chi connectivity index (χ2n) is 5.65. The molecule has 4 nitrogen and oxygen atoms in total. The lowest BCUT2D eigenvalue weighted by Crippen LogP contribution is -2.08. The summed E-state index contributed by atoms with van der Waals surface area (Å²) in [5, 5.41) is 17.3. The molecular weight excluding hydrogens is 304 g/mol. The first kappa shape index (κ1) is 22.4. The van der Waals surface area contributed by atoms with Crippen molar-refractivity contribution in [1.29, 1.82) is 0 Å². The Kier molecular flexibility index (Phi) is 16.5. The van der Waals surface area contributed by atoms with E-state index in [1.54, 1.807) is 6.08 Å². The monoisotopic (exact) mass is 336 g/mol. The molecule has 0 aromatic rings. The van der Waals surface area contributed by atoms with E-state index in [0.717, 1.165) is 12.8 Å². The van der Waals surface area contributed by atoms with Gasteiger partial charge in [-0.2, -0.15) is 0 Å². The van der Waals surface area contributed by atoms with Crippen molar-refractivity contribution in [1.82, 2.24) is 0 Å². The van der Waals surface area contributed by atoms with Crippen LogP contribution in [0.2, 0.25) is 0 Å². The van der Waals surface area contributed by atoms with Crippen LogP contribution >= 0.6 is 0 Å². The quantitative estimate of drug-likeness (QED) is 0.133. The van der Waals surface area contributed by atoms with E-state index in [0.29, 0.717) is 12.8 Å². The van der Waals surface area contributed by atoms with Gasteiger partial charge in [0, 0.05) is 6.42 Å². The molecule has 0 radical (unpaired) electrons. The van der Waals surface area contributed by atoms with Crippen molar-refractivity contribution in [3.8, 4) is 0 Å². The summed E-state index contributed by atoms with van der Waals surface area (Å²) in [6.07, 6.45) is 23.6. The van der Waals surface area contributed by atoms with Crippen molar-refractivity contribution in [2.45, 2.75) is 70.8 Å². The number of carbonyl (C=O) groups is 1. The topological polar surface area (TPSA) is 66.8 Å². The van der Waals surface area contributed by atoms with Crippen LogP contribution in [0.3, 0.4) is 0 Å². The van der Waals surface area contributed by atoms with Gasteiger partial charge in [-0.1, -0.05) is 68.4 Å². The van der Waals surface area contributed by atoms with Gasteiger partial charge in [-0.25, -0.2) is 4.89 Å². The van der Waals surface area contributed by atoms with Gasteiger partial charge in [0.15, 0.2) is 0 Å². The zero-order valence-corrected chi connectivity index (χ0v) is 14.8. The fourth-order valence-corrected chi connectivity index (χ4v) is 2.06. The summed E-state index contributed by atoms with van der Waals surface area (Å²) in [7, 11) is 0. The molecule has 24 heavy (non-hydrogen) atoms. The highest BCUT2D eigenvalue weighted by atomic mass is 17.1. The average molecular weight is 336 g/mol. The molecule has 0 aliphatic heterocycles. The van der Waals surface area contributed by atoms with Crippen molar-refractivity contribution in [2.75, 3.05) is 0 Å². The van der Waals surface area contributed by atoms with Crippen LogP contribution in [0.5, 0.6) is 0 Å². The van der Waals surface area contributed by atoms with Crippen LogP contribution in [0, 0.1) is 0 Å². The molecule has 0 aromatic heterocycles. The van der Waals surface area contributed by atoms with Crippen LogP contribution in [0.15, 0.2) is 48.6 Å². The normalized spacial score (nSPS) is 13.8. The second kappa shape index (κ2) is 17.7. The third kappa shape index (κ3) is 16.7. The SMILES string of the molecule is CCCCC/C=C/C/C=C/C/C=C/C=C/[C@@H](CCCC(=O)O)OO. The van der Waals surface area contributed by atoms with Crippen molar-refractivity contribution in [3.05, 3.63) is 48.6 Å². The number of rotatable bonds is 15. The summed E-state index contributed by atoms with van der Waals surface area (Å²) in [6, 6.07) is 0. The number of carboxylic acids is 1. The molecule has 0 rings (SSSR count). The average Bonchev–Trinajstić information content (AvgIpc) is 2.57. The number of hydrogen-bond acceptors (Lipinski definition) is 3. The van der Waals surface area contributed by atoms with E-state index in [1.807, 2.05) is 18.2 Å². The Hall–Kier alpha value is -1.65. The molecule has 0 aromatic carbocycles. The Morgan fingerprint density at radius 2 is 1.71 bits per heavy atom. The number of allylic oxidation sites excluding steroid dienone is 7. The maximum absolute atomic E-state index is 10.4. The third-order valence-corrected chi connectivity index (χ3v) is 3.44. The molecule has 2 N–H and O–H groups in total. The van der Waals surface area contributed by atoms with Gasteiger partial charge in [0.2, 0.25) is 0 Å². The van der Waals surface area contributed by atoms with Crippen LogP contribution < -0.4 is 0 Å². The van der Waals surface area contributed by atoms with Crippen LogP contribution in [0.4, 0.5) is 0 Å². The highest BCUT2D eigenvalue weighted by Crippen LogP contribution is 2.06. The molecule has 0 spiro atoms. The van der Waals surface area contributed by atoms with Crippen LogP contribution in [-0.4, -0.2) is 22.4 Å².